The van der Waals surface area contributed by atoms with E-state index < -0.39 is 83.0 Å². The van der Waals surface area contributed by atoms with Crippen LogP contribution in [0, 0.1) is 35.5 Å². The highest BCUT2D eigenvalue weighted by Crippen LogP contribution is 2.54. The van der Waals surface area contributed by atoms with E-state index in [9.17, 15) is 39.7 Å². The molecule has 69 heavy (non-hydrogen) atoms. The van der Waals surface area contributed by atoms with Crippen LogP contribution in [-0.2, 0) is 23.8 Å². The number of aromatic hydroxyl groups is 2. The number of nitroso groups, excluding NO2 is 1. The summed E-state index contributed by atoms with van der Waals surface area (Å²) >= 11 is 0. The average molecular weight is 956 g/mol. The molecule has 3 aliphatic heterocycles. The zero-order chi connectivity index (χ0) is 50.2. The number of hydrogen-bond donors (Lipinski definition) is 5. The Labute approximate surface area is 400 Å². The highest BCUT2D eigenvalue weighted by molar-refractivity contribution is 6.20. The van der Waals surface area contributed by atoms with Crippen molar-refractivity contribution in [2.45, 2.75) is 111 Å². The Morgan fingerprint density at radius 2 is 1.70 bits per heavy atom. The lowest BCUT2D eigenvalue weighted by atomic mass is 9.78. The quantitative estimate of drug-likeness (QED) is 0.0403. The number of hydrogen-bond acceptors (Lipinski definition) is 17. The summed E-state index contributed by atoms with van der Waals surface area (Å²) < 4.78 is 30.8. The van der Waals surface area contributed by atoms with Gasteiger partial charge in [-0.25, -0.2) is 4.98 Å². The number of rotatable bonds is 7. The molecule has 5 N–H and O–H groups in total. The molecule has 18 heteroatoms. The third-order valence-corrected chi connectivity index (χ3v) is 14.3. The third kappa shape index (κ3) is 9.63. The van der Waals surface area contributed by atoms with Crippen LogP contribution in [0.5, 0.6) is 17.2 Å². The SMILES string of the molecule is CCCCN1CCN(c2cc(O)c3nc4c(oc3c2)c2c(O)c3c(=O)c(C)c5c(c34)C(N=O)[C@@](C)(OC=C[C@H](OC)[C@@H](C)[C@@H](OC(C)=O)[C@H](C)[C@H](O)[C@H](C)[C@@H](O)[C@@H](C)C=CC=C(C)C(=O)N2)O5)CC1. The summed E-state index contributed by atoms with van der Waals surface area (Å²) in [4.78, 5) is 63.7. The number of phenols is 2. The van der Waals surface area contributed by atoms with Crippen molar-refractivity contribution >= 4 is 56.2 Å². The number of aliphatic hydroxyl groups excluding tert-OH is 2. The Kier molecular flexibility index (Phi) is 15.1. The fraction of sp³-hybridized carbons (Fsp3) is 0.529. The van der Waals surface area contributed by atoms with Crippen molar-refractivity contribution in [2.24, 2.45) is 28.8 Å². The van der Waals surface area contributed by atoms with Crippen LogP contribution in [0.15, 0.2) is 62.7 Å². The van der Waals surface area contributed by atoms with Gasteiger partial charge in [0.2, 0.25) is 0 Å². The predicted molar refractivity (Wildman–Crippen MR) is 261 cm³/mol. The molecule has 4 aromatic rings. The number of aromatic nitrogens is 1. The van der Waals surface area contributed by atoms with Gasteiger partial charge in [-0.2, -0.15) is 0 Å². The fourth-order valence-electron chi connectivity index (χ4n) is 9.97. The molecule has 1 unspecified atom stereocenters. The first-order valence-electron chi connectivity index (χ1n) is 23.6. The normalized spacial score (nSPS) is 28.5. The lowest BCUT2D eigenvalue weighted by Gasteiger charge is -2.38. The molecule has 7 rings (SSSR count). The summed E-state index contributed by atoms with van der Waals surface area (Å²) in [5.41, 5.74) is -0.329. The Morgan fingerprint density at radius 1 is 0.986 bits per heavy atom. The van der Waals surface area contributed by atoms with E-state index in [1.165, 1.54) is 53.2 Å². The number of nitrogens with one attached hydrogen (secondary N) is 1. The highest BCUT2D eigenvalue weighted by Gasteiger charge is 2.52. The van der Waals surface area contributed by atoms with Crippen LogP contribution in [0.2, 0.25) is 0 Å². The van der Waals surface area contributed by atoms with Gasteiger partial charge in [-0.05, 0) is 32.9 Å². The molecule has 18 nitrogen and oxygen atoms in total. The van der Waals surface area contributed by atoms with Gasteiger partial charge in [0.25, 0.3) is 11.7 Å². The van der Waals surface area contributed by atoms with Crippen molar-refractivity contribution < 1.29 is 53.4 Å². The van der Waals surface area contributed by atoms with Gasteiger partial charge < -0.3 is 54.0 Å². The number of benzene rings is 3. The molecule has 0 spiro atoms. The number of fused-ring (bicyclic) bond motifs is 5. The standard InChI is InChI=1S/C51H65N5O13/c1-11-12-17-55-18-20-56(21-19-55)32-23-33(58)39-35(24-32)68-48-40(52-39)36-37-44(61)30(7)47-38(36)49(54-64)51(9,69-47)66-22-16-34(65-10)27(4)46(67-31(8)57)29(6)43(60)28(5)42(59)25(2)14-13-15-26(3)50(63)53-41(48)45(37)62/h13-16,22-25,27-29,34,42-43,46,49,58-60,62H,11-12,17-21H2,1-10H3,(H,53,63)/t25-,27+,28+,29+,34-,42-,43+,46+,49?,51-/m0/s1. The number of carbonyl (C=O) groups is 2. The van der Waals surface area contributed by atoms with Crippen LogP contribution in [-0.4, -0.2) is 112 Å². The largest absolute Gasteiger partial charge is 0.505 e. The number of piperazine rings is 1. The van der Waals surface area contributed by atoms with Crippen LogP contribution in [0.25, 0.3) is 33.0 Å². The van der Waals surface area contributed by atoms with Crippen molar-refractivity contribution in [3.8, 4) is 17.2 Å². The average Bonchev–Trinajstić information content (AvgIpc) is 3.63. The minimum absolute atomic E-state index is 0.00367. The van der Waals surface area contributed by atoms with Gasteiger partial charge in [0.15, 0.2) is 28.4 Å². The first-order valence-corrected chi connectivity index (χ1v) is 23.6. The van der Waals surface area contributed by atoms with Crippen LogP contribution < -0.4 is 20.4 Å². The number of methoxy groups -OCH3 is 1. The van der Waals surface area contributed by atoms with Gasteiger partial charge in [-0.3, -0.25) is 19.3 Å². The van der Waals surface area contributed by atoms with Crippen molar-refractivity contribution in [2.75, 3.05) is 50.1 Å². The molecule has 3 aromatic carbocycles. The molecule has 1 fully saturated rings. The fourth-order valence-corrected chi connectivity index (χ4v) is 9.97. The number of anilines is 2. The molecule has 10 atom stereocenters. The monoisotopic (exact) mass is 955 g/mol. The van der Waals surface area contributed by atoms with Crippen LogP contribution >= 0.6 is 0 Å². The molecule has 0 radical (unpaired) electrons. The summed E-state index contributed by atoms with van der Waals surface area (Å²) in [6, 6.07) is 1.79. The number of esters is 1. The van der Waals surface area contributed by atoms with Crippen LogP contribution in [0.3, 0.4) is 0 Å². The lowest BCUT2D eigenvalue weighted by Crippen LogP contribution is -2.46. The van der Waals surface area contributed by atoms with E-state index >= 15 is 0 Å². The van der Waals surface area contributed by atoms with Crippen molar-refractivity contribution in [3.63, 3.8) is 0 Å². The number of aliphatic hydroxyl groups is 2. The topological polar surface area (TPSA) is 243 Å². The number of nitrogens with zero attached hydrogens (tertiary/aromatic N) is 4. The maximum Gasteiger partial charge on any atom is 0.302 e. The molecular weight excluding hydrogens is 891 g/mol. The predicted octanol–water partition coefficient (Wildman–Crippen LogP) is 7.25. The first-order chi connectivity index (χ1) is 32.8. The summed E-state index contributed by atoms with van der Waals surface area (Å²) in [5, 5.41) is 52.8. The van der Waals surface area contributed by atoms with Gasteiger partial charge in [-0.15, -0.1) is 4.91 Å². The number of allylic oxidation sites excluding steroid dienone is 2. The number of unbranched alkanes of at least 4 members (excludes halogenated alkanes) is 1. The van der Waals surface area contributed by atoms with E-state index in [-0.39, 0.29) is 66.9 Å². The van der Waals surface area contributed by atoms with E-state index in [0.717, 1.165) is 32.5 Å². The maximum absolute atomic E-state index is 14.5. The zero-order valence-corrected chi connectivity index (χ0v) is 40.9. The van der Waals surface area contributed by atoms with Gasteiger partial charge in [-0.1, -0.05) is 64.4 Å². The molecule has 372 valence electrons. The minimum Gasteiger partial charge on any atom is -0.505 e. The highest BCUT2D eigenvalue weighted by atomic mass is 16.7. The molecule has 3 aliphatic rings. The van der Waals surface area contributed by atoms with Crippen LogP contribution in [0.4, 0.5) is 11.4 Å². The van der Waals surface area contributed by atoms with Gasteiger partial charge in [0, 0.05) is 111 Å². The van der Waals surface area contributed by atoms with Crippen molar-refractivity contribution in [3.05, 3.63) is 74.5 Å². The molecule has 1 amide bonds. The van der Waals surface area contributed by atoms with Crippen molar-refractivity contribution in [1.29, 1.82) is 0 Å². The Bertz CT molecular complexity index is 2780. The summed E-state index contributed by atoms with van der Waals surface area (Å²) in [5.74, 6) is -6.74. The second kappa shape index (κ2) is 20.5. The summed E-state index contributed by atoms with van der Waals surface area (Å²) in [7, 11) is 1.44. The van der Waals surface area contributed by atoms with E-state index in [4.69, 9.17) is 28.3 Å². The lowest BCUT2D eigenvalue weighted by molar-refractivity contribution is -0.160. The maximum atomic E-state index is 14.5. The number of amides is 1. The van der Waals surface area contributed by atoms with E-state index in [1.807, 2.05) is 0 Å². The zero-order valence-electron chi connectivity index (χ0n) is 40.9. The number of carbonyl (C=O) groups excluding carboxylic acids is 2. The second-order valence-corrected chi connectivity index (χ2v) is 19.0. The van der Waals surface area contributed by atoms with Gasteiger partial charge >= 0.3 is 5.97 Å². The minimum atomic E-state index is -1.92. The Balaban J connectivity index is 1.44. The summed E-state index contributed by atoms with van der Waals surface area (Å²) in [6.07, 6.45) is 5.76. The third-order valence-electron chi connectivity index (χ3n) is 14.3. The van der Waals surface area contributed by atoms with E-state index in [1.54, 1.807) is 52.0 Å². The van der Waals surface area contributed by atoms with Gasteiger partial charge in [0.1, 0.15) is 34.3 Å². The number of phenolic OH excluding ortho intramolecular Hbond substituents is 2. The smallest absolute Gasteiger partial charge is 0.302 e. The van der Waals surface area contributed by atoms with E-state index in [0.29, 0.717) is 18.8 Å². The molecule has 0 aliphatic carbocycles. The van der Waals surface area contributed by atoms with Gasteiger partial charge in [0.05, 0.1) is 30.0 Å². The molecule has 5 bridgehead atoms. The molecule has 0 saturated carbocycles. The molecule has 1 aromatic heterocycles. The molecular formula is C51H65N5O13. The number of ether oxygens (including phenoxy) is 4. The Morgan fingerprint density at radius 3 is 2.35 bits per heavy atom. The first kappa shape index (κ1) is 50.8. The Hall–Kier alpha value is -6.08. The molecule has 4 heterocycles. The second-order valence-electron chi connectivity index (χ2n) is 19.0. The van der Waals surface area contributed by atoms with E-state index in [2.05, 4.69) is 27.2 Å². The van der Waals surface area contributed by atoms with Crippen LogP contribution in [0.1, 0.15) is 85.4 Å². The van der Waals surface area contributed by atoms with Crippen molar-refractivity contribution in [1.82, 2.24) is 9.88 Å². The summed E-state index contributed by atoms with van der Waals surface area (Å²) in [6.45, 7) is 18.8. The molecule has 1 saturated heterocycles.